The van der Waals surface area contributed by atoms with Crippen molar-refractivity contribution in [1.82, 2.24) is 0 Å². The lowest BCUT2D eigenvalue weighted by Crippen LogP contribution is -2.46. The molecule has 1 amide bonds. The van der Waals surface area contributed by atoms with E-state index in [1.54, 1.807) is 6.07 Å². The number of carboxylic acid groups (broad SMARTS) is 1. The van der Waals surface area contributed by atoms with Gasteiger partial charge in [-0.3, -0.25) is 9.59 Å². The van der Waals surface area contributed by atoms with E-state index >= 15 is 0 Å². The molecule has 17 heavy (non-hydrogen) atoms. The Morgan fingerprint density at radius 2 is 2.29 bits per heavy atom. The van der Waals surface area contributed by atoms with Gasteiger partial charge in [-0.2, -0.15) is 0 Å². The van der Waals surface area contributed by atoms with Crippen LogP contribution in [-0.2, 0) is 9.59 Å². The van der Waals surface area contributed by atoms with Gasteiger partial charge in [-0.25, -0.2) is 4.39 Å². The molecule has 6 heteroatoms. The van der Waals surface area contributed by atoms with Crippen molar-refractivity contribution in [3.8, 4) is 0 Å². The molecule has 2 N–H and O–H groups in total. The molecule has 2 rings (SSSR count). The zero-order valence-corrected chi connectivity index (χ0v) is 9.11. The van der Waals surface area contributed by atoms with Crippen molar-refractivity contribution in [3.05, 3.63) is 24.0 Å². The van der Waals surface area contributed by atoms with Gasteiger partial charge in [0.15, 0.2) is 0 Å². The smallest absolute Gasteiger partial charge is 0.305 e. The zero-order chi connectivity index (χ0) is 12.6. The normalized spacial score (nSPS) is 18.6. The van der Waals surface area contributed by atoms with E-state index < -0.39 is 17.8 Å². The summed E-state index contributed by atoms with van der Waals surface area (Å²) in [5, 5.41) is 11.3. The molecule has 0 saturated heterocycles. The number of nitrogens with one attached hydrogen (secondary N) is 1. The van der Waals surface area contributed by atoms with Gasteiger partial charge in [-0.15, -0.1) is 0 Å². The summed E-state index contributed by atoms with van der Waals surface area (Å²) in [4.78, 5) is 23.7. The van der Waals surface area contributed by atoms with Crippen LogP contribution in [0.15, 0.2) is 18.2 Å². The van der Waals surface area contributed by atoms with Crippen LogP contribution < -0.4 is 10.2 Å². The Morgan fingerprint density at radius 1 is 1.59 bits per heavy atom. The first-order valence-electron chi connectivity index (χ1n) is 5.05. The van der Waals surface area contributed by atoms with Gasteiger partial charge in [0.05, 0.1) is 17.8 Å². The first-order valence-corrected chi connectivity index (χ1v) is 5.05. The van der Waals surface area contributed by atoms with Crippen LogP contribution >= 0.6 is 0 Å². The molecule has 0 fully saturated rings. The molecular formula is C11H11FN2O3. The van der Waals surface area contributed by atoms with Gasteiger partial charge in [-0.05, 0) is 12.1 Å². The fraction of sp³-hybridized carbons (Fsp3) is 0.273. The fourth-order valence-corrected chi connectivity index (χ4v) is 1.84. The van der Waals surface area contributed by atoms with Crippen molar-refractivity contribution in [3.63, 3.8) is 0 Å². The standard InChI is InChI=1S/C11H11FN2O3/c1-14-8-4-2-3-6(12)10(8)13-7(11(14)17)5-9(15)16/h2-4,7,13H,5H2,1H3,(H,15,16). The van der Waals surface area contributed by atoms with E-state index in [1.807, 2.05) is 0 Å². The summed E-state index contributed by atoms with van der Waals surface area (Å²) in [6.07, 6.45) is -0.378. The number of anilines is 2. The number of nitrogens with zero attached hydrogens (tertiary/aromatic N) is 1. The van der Waals surface area contributed by atoms with Crippen LogP contribution in [0.1, 0.15) is 6.42 Å². The third-order valence-corrected chi connectivity index (χ3v) is 2.68. The first kappa shape index (κ1) is 11.4. The Labute approximate surface area is 96.8 Å². The summed E-state index contributed by atoms with van der Waals surface area (Å²) in [5.41, 5.74) is 0.581. The van der Waals surface area contributed by atoms with Gasteiger partial charge in [0, 0.05) is 7.05 Å². The fourth-order valence-electron chi connectivity index (χ4n) is 1.84. The molecule has 0 radical (unpaired) electrons. The molecule has 1 heterocycles. The quantitative estimate of drug-likeness (QED) is 0.808. The average Bonchev–Trinajstić information content (AvgIpc) is 2.26. The SMILES string of the molecule is CN1C(=O)C(CC(=O)O)Nc2c(F)cccc21. The van der Waals surface area contributed by atoms with Crippen LogP contribution in [0.25, 0.3) is 0 Å². The van der Waals surface area contributed by atoms with Crippen LogP contribution in [0.5, 0.6) is 0 Å². The van der Waals surface area contributed by atoms with E-state index in [2.05, 4.69) is 5.32 Å². The number of fused-ring (bicyclic) bond motifs is 1. The number of hydrogen-bond acceptors (Lipinski definition) is 3. The molecule has 90 valence electrons. The maximum Gasteiger partial charge on any atom is 0.305 e. The highest BCUT2D eigenvalue weighted by atomic mass is 19.1. The third kappa shape index (κ3) is 1.93. The van der Waals surface area contributed by atoms with Crippen molar-refractivity contribution in [1.29, 1.82) is 0 Å². The summed E-state index contributed by atoms with van der Waals surface area (Å²) in [5.74, 6) is -1.99. The summed E-state index contributed by atoms with van der Waals surface area (Å²) >= 11 is 0. The van der Waals surface area contributed by atoms with Crippen molar-refractivity contribution >= 4 is 23.3 Å². The van der Waals surface area contributed by atoms with E-state index in [0.717, 1.165) is 0 Å². The van der Waals surface area contributed by atoms with Gasteiger partial charge >= 0.3 is 5.97 Å². The Balaban J connectivity index is 2.39. The zero-order valence-electron chi connectivity index (χ0n) is 9.11. The highest BCUT2D eigenvalue weighted by Gasteiger charge is 2.32. The third-order valence-electron chi connectivity index (χ3n) is 2.68. The lowest BCUT2D eigenvalue weighted by Gasteiger charge is -2.32. The number of aliphatic carboxylic acids is 1. The first-order chi connectivity index (χ1) is 8.00. The van der Waals surface area contributed by atoms with E-state index in [1.165, 1.54) is 24.1 Å². The van der Waals surface area contributed by atoms with Gasteiger partial charge in [-0.1, -0.05) is 6.07 Å². The van der Waals surface area contributed by atoms with Crippen LogP contribution in [0, 0.1) is 5.82 Å². The molecule has 0 aromatic heterocycles. The molecule has 1 atom stereocenters. The maximum atomic E-state index is 13.5. The minimum Gasteiger partial charge on any atom is -0.481 e. The molecule has 1 unspecified atom stereocenters. The molecule has 5 nitrogen and oxygen atoms in total. The van der Waals surface area contributed by atoms with E-state index in [0.29, 0.717) is 5.69 Å². The second-order valence-corrected chi connectivity index (χ2v) is 3.83. The second kappa shape index (κ2) is 4.04. The predicted molar refractivity (Wildman–Crippen MR) is 59.5 cm³/mol. The molecule has 1 aliphatic rings. The van der Waals surface area contributed by atoms with Crippen molar-refractivity contribution in [2.75, 3.05) is 17.3 Å². The van der Waals surface area contributed by atoms with Crippen LogP contribution in [-0.4, -0.2) is 30.1 Å². The van der Waals surface area contributed by atoms with Crippen LogP contribution in [0.3, 0.4) is 0 Å². The minimum atomic E-state index is -1.11. The molecule has 1 aromatic carbocycles. The molecule has 1 aliphatic heterocycles. The second-order valence-electron chi connectivity index (χ2n) is 3.83. The molecule has 1 aromatic rings. The number of benzene rings is 1. The van der Waals surface area contributed by atoms with Crippen molar-refractivity contribution in [2.45, 2.75) is 12.5 Å². The Bertz CT molecular complexity index is 490. The number of carbonyl (C=O) groups is 2. The Kier molecular flexibility index (Phi) is 2.71. The van der Waals surface area contributed by atoms with E-state index in [9.17, 15) is 14.0 Å². The average molecular weight is 238 g/mol. The highest BCUT2D eigenvalue weighted by molar-refractivity contribution is 6.05. The summed E-state index contributed by atoms with van der Waals surface area (Å²) in [7, 11) is 1.50. The summed E-state index contributed by atoms with van der Waals surface area (Å²) in [6.45, 7) is 0. The number of carboxylic acids is 1. The number of para-hydroxylation sites is 1. The number of amides is 1. The number of hydrogen-bond donors (Lipinski definition) is 2. The monoisotopic (exact) mass is 238 g/mol. The van der Waals surface area contributed by atoms with Gasteiger partial charge < -0.3 is 15.3 Å². The minimum absolute atomic E-state index is 0.167. The van der Waals surface area contributed by atoms with E-state index in [-0.39, 0.29) is 18.0 Å². The number of likely N-dealkylation sites (N-methyl/N-ethyl adjacent to an activating group) is 1. The molecule has 0 bridgehead atoms. The Hall–Kier alpha value is -2.11. The largest absolute Gasteiger partial charge is 0.481 e. The van der Waals surface area contributed by atoms with Gasteiger partial charge in [0.2, 0.25) is 5.91 Å². The molecule has 0 aliphatic carbocycles. The Morgan fingerprint density at radius 3 is 2.94 bits per heavy atom. The topological polar surface area (TPSA) is 69.6 Å². The maximum absolute atomic E-state index is 13.5. The lowest BCUT2D eigenvalue weighted by molar-refractivity contribution is -0.138. The summed E-state index contributed by atoms with van der Waals surface area (Å²) < 4.78 is 13.5. The highest BCUT2D eigenvalue weighted by Crippen LogP contribution is 2.33. The molecule has 0 spiro atoms. The molecule has 0 saturated carbocycles. The molecular weight excluding hydrogens is 227 g/mol. The number of rotatable bonds is 2. The van der Waals surface area contributed by atoms with Crippen molar-refractivity contribution < 1.29 is 19.1 Å². The van der Waals surface area contributed by atoms with E-state index in [4.69, 9.17) is 5.11 Å². The van der Waals surface area contributed by atoms with Crippen molar-refractivity contribution in [2.24, 2.45) is 0 Å². The summed E-state index contributed by atoms with van der Waals surface area (Å²) in [6, 6.07) is 3.42. The van der Waals surface area contributed by atoms with Crippen LogP contribution in [0.2, 0.25) is 0 Å². The lowest BCUT2D eigenvalue weighted by atomic mass is 10.1. The van der Waals surface area contributed by atoms with Gasteiger partial charge in [0.25, 0.3) is 0 Å². The number of carbonyl (C=O) groups excluding carboxylic acids is 1. The number of halogens is 1. The predicted octanol–water partition coefficient (Wildman–Crippen LogP) is 1.06. The van der Waals surface area contributed by atoms with Crippen LogP contribution in [0.4, 0.5) is 15.8 Å². The van der Waals surface area contributed by atoms with Gasteiger partial charge in [0.1, 0.15) is 11.9 Å².